The maximum absolute atomic E-state index is 2.46. The summed E-state index contributed by atoms with van der Waals surface area (Å²) in [6, 6.07) is 0. The maximum Gasteiger partial charge on any atom is -0.000959 e. The molecule has 0 radical (unpaired) electrons. The lowest BCUT2D eigenvalue weighted by molar-refractivity contribution is 0.0434. The van der Waals surface area contributed by atoms with Gasteiger partial charge in [-0.15, -0.1) is 0 Å². The van der Waals surface area contributed by atoms with Gasteiger partial charge in [0.1, 0.15) is 0 Å². The van der Waals surface area contributed by atoms with Crippen molar-refractivity contribution in [2.45, 2.75) is 89.9 Å². The van der Waals surface area contributed by atoms with Gasteiger partial charge in [-0.2, -0.15) is 0 Å². The zero-order chi connectivity index (χ0) is 25.4. The van der Waals surface area contributed by atoms with Crippen LogP contribution in [0.5, 0.6) is 0 Å². The first-order valence-electron chi connectivity index (χ1n) is 15.3. The van der Waals surface area contributed by atoms with Crippen LogP contribution in [0.3, 0.4) is 0 Å². The standard InChI is InChI=1S/C9H17N.2C6H13N.C5H11N.C4H9N/c1-10-7-5-9(6-8-10)3-2-4-9;2*1-7-5-3-2-4-6-7;1-6-4-2-3-5-6;1-5-3-2-4-5/h2-8H2,1H3;2*2-6H2,1H3;2-5H2,1H3;2-4H2,1H3. The summed E-state index contributed by atoms with van der Waals surface area (Å²) in [7, 11) is 10.9. The van der Waals surface area contributed by atoms with E-state index < -0.39 is 0 Å². The summed E-state index contributed by atoms with van der Waals surface area (Å²) in [5.41, 5.74) is 0.840. The van der Waals surface area contributed by atoms with Crippen molar-refractivity contribution < 1.29 is 0 Å². The molecule has 0 unspecified atom stereocenters. The van der Waals surface area contributed by atoms with Gasteiger partial charge in [-0.1, -0.05) is 19.3 Å². The van der Waals surface area contributed by atoms with E-state index in [1.807, 2.05) is 0 Å². The molecule has 6 fully saturated rings. The first kappa shape index (κ1) is 31.0. The lowest BCUT2D eigenvalue weighted by Crippen LogP contribution is -2.41. The van der Waals surface area contributed by atoms with Gasteiger partial charge < -0.3 is 24.5 Å². The predicted molar refractivity (Wildman–Crippen MR) is 155 cm³/mol. The topological polar surface area (TPSA) is 16.2 Å². The van der Waals surface area contributed by atoms with E-state index in [0.29, 0.717) is 0 Å². The van der Waals surface area contributed by atoms with Crippen LogP contribution in [0.25, 0.3) is 0 Å². The van der Waals surface area contributed by atoms with Crippen LogP contribution in [-0.2, 0) is 0 Å². The summed E-state index contributed by atoms with van der Waals surface area (Å²) in [6.45, 7) is 13.3. The molecule has 208 valence electrons. The number of nitrogens with zero attached hydrogens (tertiary/aromatic N) is 5. The van der Waals surface area contributed by atoms with Crippen LogP contribution >= 0.6 is 0 Å². The molecule has 5 saturated heterocycles. The van der Waals surface area contributed by atoms with Crippen LogP contribution in [0.15, 0.2) is 0 Å². The van der Waals surface area contributed by atoms with E-state index in [2.05, 4.69) is 59.7 Å². The van der Waals surface area contributed by atoms with Gasteiger partial charge >= 0.3 is 0 Å². The molecule has 0 atom stereocenters. The summed E-state index contributed by atoms with van der Waals surface area (Å²) in [6.07, 6.45) is 20.3. The summed E-state index contributed by atoms with van der Waals surface area (Å²) < 4.78 is 0. The highest BCUT2D eigenvalue weighted by Crippen LogP contribution is 2.48. The molecule has 5 heteroatoms. The maximum atomic E-state index is 2.46. The van der Waals surface area contributed by atoms with Crippen molar-refractivity contribution in [3.8, 4) is 0 Å². The average Bonchev–Trinajstić information content (AvgIpc) is 3.31. The molecule has 0 amide bonds. The Labute approximate surface area is 220 Å². The van der Waals surface area contributed by atoms with Crippen molar-refractivity contribution >= 4 is 0 Å². The van der Waals surface area contributed by atoms with Gasteiger partial charge in [0, 0.05) is 0 Å². The Morgan fingerprint density at radius 2 is 0.571 bits per heavy atom. The molecule has 0 aromatic rings. The van der Waals surface area contributed by atoms with E-state index in [9.17, 15) is 0 Å². The van der Waals surface area contributed by atoms with Crippen molar-refractivity contribution in [2.24, 2.45) is 5.41 Å². The molecule has 35 heavy (non-hydrogen) atoms. The first-order chi connectivity index (χ1) is 16.9. The Morgan fingerprint density at radius 1 is 0.286 bits per heavy atom. The second kappa shape index (κ2) is 18.1. The molecule has 1 aliphatic carbocycles. The fourth-order valence-corrected chi connectivity index (χ4v) is 5.72. The monoisotopic (exact) mass is 494 g/mol. The Balaban J connectivity index is 0.000000158. The molecule has 5 nitrogen and oxygen atoms in total. The summed E-state index contributed by atoms with van der Waals surface area (Å²) in [4.78, 5) is 11.9. The van der Waals surface area contributed by atoms with Gasteiger partial charge in [0.05, 0.1) is 0 Å². The van der Waals surface area contributed by atoms with Crippen molar-refractivity contribution in [3.05, 3.63) is 0 Å². The Hall–Kier alpha value is -0.200. The molecule has 0 N–H and O–H groups in total. The van der Waals surface area contributed by atoms with Gasteiger partial charge in [0.25, 0.3) is 0 Å². The number of rotatable bonds is 0. The largest absolute Gasteiger partial charge is 0.306 e. The fraction of sp³-hybridized carbons (Fsp3) is 1.00. The summed E-state index contributed by atoms with van der Waals surface area (Å²) >= 11 is 0. The third-order valence-corrected chi connectivity index (χ3v) is 9.03. The minimum absolute atomic E-state index is 0.840. The normalized spacial score (nSPS) is 27.3. The van der Waals surface area contributed by atoms with E-state index in [1.165, 1.54) is 155 Å². The molecule has 0 aromatic heterocycles. The molecular weight excluding hydrogens is 430 g/mol. The summed E-state index contributed by atoms with van der Waals surface area (Å²) in [5.74, 6) is 0. The minimum atomic E-state index is 0.840. The Bertz CT molecular complexity index is 461. The molecule has 5 aliphatic heterocycles. The van der Waals surface area contributed by atoms with E-state index in [-0.39, 0.29) is 0 Å². The van der Waals surface area contributed by atoms with Crippen molar-refractivity contribution in [1.82, 2.24) is 24.5 Å². The lowest BCUT2D eigenvalue weighted by atomic mass is 9.63. The molecular formula is C30H63N5. The molecule has 5 heterocycles. The number of likely N-dealkylation sites (tertiary alicyclic amines) is 5. The van der Waals surface area contributed by atoms with E-state index >= 15 is 0 Å². The van der Waals surface area contributed by atoms with E-state index in [0.717, 1.165) is 5.41 Å². The fourth-order valence-electron chi connectivity index (χ4n) is 5.72. The van der Waals surface area contributed by atoms with Crippen molar-refractivity contribution in [3.63, 3.8) is 0 Å². The van der Waals surface area contributed by atoms with Crippen LogP contribution in [0, 0.1) is 5.41 Å². The van der Waals surface area contributed by atoms with Gasteiger partial charge in [-0.3, -0.25) is 0 Å². The second-order valence-electron chi connectivity index (χ2n) is 12.6. The third-order valence-electron chi connectivity index (χ3n) is 9.03. The lowest BCUT2D eigenvalue weighted by Gasteiger charge is -2.47. The van der Waals surface area contributed by atoms with Crippen molar-refractivity contribution in [2.75, 3.05) is 101 Å². The van der Waals surface area contributed by atoms with Gasteiger partial charge in [0.2, 0.25) is 0 Å². The van der Waals surface area contributed by atoms with Crippen LogP contribution in [0.1, 0.15) is 89.9 Å². The van der Waals surface area contributed by atoms with E-state index in [4.69, 9.17) is 0 Å². The van der Waals surface area contributed by atoms with Gasteiger partial charge in [-0.25, -0.2) is 0 Å². The van der Waals surface area contributed by atoms with Crippen molar-refractivity contribution in [1.29, 1.82) is 0 Å². The quantitative estimate of drug-likeness (QED) is 0.464. The number of piperidine rings is 3. The molecule has 6 aliphatic rings. The number of hydrogen-bond donors (Lipinski definition) is 0. The number of hydrogen-bond acceptors (Lipinski definition) is 5. The molecule has 0 bridgehead atoms. The van der Waals surface area contributed by atoms with Crippen LogP contribution in [0.2, 0.25) is 0 Å². The highest BCUT2D eigenvalue weighted by molar-refractivity contribution is 4.91. The molecule has 6 rings (SSSR count). The van der Waals surface area contributed by atoms with Gasteiger partial charge in [-0.05, 0) is 177 Å². The Kier molecular flexibility index (Phi) is 16.1. The highest BCUT2D eigenvalue weighted by atomic mass is 15.1. The van der Waals surface area contributed by atoms with Crippen LogP contribution < -0.4 is 0 Å². The Morgan fingerprint density at radius 3 is 0.743 bits per heavy atom. The minimum Gasteiger partial charge on any atom is -0.306 e. The zero-order valence-corrected chi connectivity index (χ0v) is 24.7. The average molecular weight is 494 g/mol. The second-order valence-corrected chi connectivity index (χ2v) is 12.6. The van der Waals surface area contributed by atoms with Crippen LogP contribution in [-0.4, -0.2) is 125 Å². The molecule has 1 spiro atoms. The van der Waals surface area contributed by atoms with Gasteiger partial charge in [0.15, 0.2) is 0 Å². The highest BCUT2D eigenvalue weighted by Gasteiger charge is 2.38. The summed E-state index contributed by atoms with van der Waals surface area (Å²) in [5, 5.41) is 0. The zero-order valence-electron chi connectivity index (χ0n) is 24.7. The van der Waals surface area contributed by atoms with E-state index in [1.54, 1.807) is 0 Å². The first-order valence-corrected chi connectivity index (χ1v) is 15.3. The van der Waals surface area contributed by atoms with Crippen LogP contribution in [0.4, 0.5) is 0 Å². The molecule has 1 saturated carbocycles. The SMILES string of the molecule is CN1CCC1.CN1CCC2(CCC2)CC1.CN1CCCC1.CN1CCCCC1.CN1CCCCC1. The smallest absolute Gasteiger partial charge is 0.000959 e. The third kappa shape index (κ3) is 14.4. The molecule has 0 aromatic carbocycles. The predicted octanol–water partition coefficient (Wildman–Crippen LogP) is 5.12.